The molecule has 0 rings (SSSR count). The fourth-order valence-corrected chi connectivity index (χ4v) is 0.865. The number of hydrogen-bond donors (Lipinski definition) is 2. The minimum Gasteiger partial charge on any atom is -0.502 e. The van der Waals surface area contributed by atoms with Crippen molar-refractivity contribution in [3.05, 3.63) is 12.8 Å². The average Bonchev–Trinajstić information content (AvgIpc) is 2.01. The Balaban J connectivity index is 3.21. The highest BCUT2D eigenvalue weighted by atomic mass is 16.5. The Hall–Kier alpha value is -0.540. The lowest BCUT2D eigenvalue weighted by Crippen LogP contribution is -2.12. The minimum absolute atomic E-state index is 0.333. The van der Waals surface area contributed by atoms with Gasteiger partial charge in [0.1, 0.15) is 0 Å². The summed E-state index contributed by atoms with van der Waals surface area (Å²) in [6.07, 6.45) is 2.51. The molecule has 2 N–H and O–H groups in total. The van der Waals surface area contributed by atoms with Gasteiger partial charge in [0.2, 0.25) is 0 Å². The van der Waals surface area contributed by atoms with Crippen molar-refractivity contribution in [2.75, 3.05) is 6.61 Å². The molecule has 72 valence electrons. The zero-order valence-corrected chi connectivity index (χ0v) is 7.57. The fraction of sp³-hybridized carbons (Fsp3) is 0.778. The molecule has 0 aromatic carbocycles. The molecular weight excluding hydrogens is 156 g/mol. The van der Waals surface area contributed by atoms with Crippen molar-refractivity contribution in [3.8, 4) is 0 Å². The van der Waals surface area contributed by atoms with Gasteiger partial charge in [0.25, 0.3) is 0 Å². The first kappa shape index (κ1) is 11.5. The Morgan fingerprint density at radius 1 is 1.33 bits per heavy atom. The van der Waals surface area contributed by atoms with Crippen LogP contribution in [-0.2, 0) is 4.74 Å². The molecule has 0 saturated heterocycles. The smallest absolute Gasteiger partial charge is 0.0897 e. The molecule has 0 aliphatic heterocycles. The third-order valence-electron chi connectivity index (χ3n) is 1.60. The van der Waals surface area contributed by atoms with E-state index in [1.165, 1.54) is 6.26 Å². The van der Waals surface area contributed by atoms with E-state index in [1.54, 1.807) is 6.92 Å². The lowest BCUT2D eigenvalue weighted by atomic mass is 10.1. The first-order valence-corrected chi connectivity index (χ1v) is 4.25. The molecule has 0 aliphatic carbocycles. The van der Waals surface area contributed by atoms with E-state index in [0.717, 1.165) is 0 Å². The van der Waals surface area contributed by atoms with Crippen LogP contribution in [0.2, 0.25) is 0 Å². The van der Waals surface area contributed by atoms with Gasteiger partial charge in [-0.1, -0.05) is 6.58 Å². The number of rotatable bonds is 7. The van der Waals surface area contributed by atoms with E-state index in [4.69, 9.17) is 9.84 Å². The second-order valence-electron chi connectivity index (χ2n) is 2.91. The van der Waals surface area contributed by atoms with Crippen LogP contribution in [0, 0.1) is 0 Å². The van der Waals surface area contributed by atoms with E-state index in [9.17, 15) is 5.11 Å². The molecule has 3 heteroatoms. The topological polar surface area (TPSA) is 49.7 Å². The Kier molecular flexibility index (Phi) is 6.81. The predicted molar refractivity (Wildman–Crippen MR) is 47.7 cm³/mol. The standard InChI is InChI=1S/C9H18O3/c1-3-12-7-6-9(11)5-4-8(2)10/h3,8-11H,1,4-7H2,2H3. The molecule has 0 bridgehead atoms. The maximum absolute atomic E-state index is 9.30. The molecule has 0 radical (unpaired) electrons. The van der Waals surface area contributed by atoms with Gasteiger partial charge >= 0.3 is 0 Å². The van der Waals surface area contributed by atoms with E-state index in [1.807, 2.05) is 0 Å². The Bertz CT molecular complexity index is 112. The van der Waals surface area contributed by atoms with Crippen LogP contribution in [0.4, 0.5) is 0 Å². The summed E-state index contributed by atoms with van der Waals surface area (Å²) < 4.78 is 4.85. The summed E-state index contributed by atoms with van der Waals surface area (Å²) in [7, 11) is 0. The highest BCUT2D eigenvalue weighted by Crippen LogP contribution is 2.04. The molecule has 3 nitrogen and oxygen atoms in total. The lowest BCUT2D eigenvalue weighted by molar-refractivity contribution is 0.0958. The summed E-state index contributed by atoms with van der Waals surface area (Å²) in [5.41, 5.74) is 0. The van der Waals surface area contributed by atoms with Crippen molar-refractivity contribution in [2.24, 2.45) is 0 Å². The van der Waals surface area contributed by atoms with Gasteiger partial charge in [-0.3, -0.25) is 0 Å². The van der Waals surface area contributed by atoms with Crippen molar-refractivity contribution in [2.45, 2.75) is 38.4 Å². The van der Waals surface area contributed by atoms with Gasteiger partial charge in [0.05, 0.1) is 25.1 Å². The van der Waals surface area contributed by atoms with Crippen molar-refractivity contribution in [1.82, 2.24) is 0 Å². The molecule has 0 saturated carbocycles. The molecule has 0 fully saturated rings. The molecule has 0 spiro atoms. The van der Waals surface area contributed by atoms with Gasteiger partial charge in [0.15, 0.2) is 0 Å². The van der Waals surface area contributed by atoms with Gasteiger partial charge < -0.3 is 14.9 Å². The van der Waals surface area contributed by atoms with Crippen molar-refractivity contribution in [3.63, 3.8) is 0 Å². The van der Waals surface area contributed by atoms with Gasteiger partial charge in [-0.05, 0) is 19.8 Å². The van der Waals surface area contributed by atoms with Crippen LogP contribution < -0.4 is 0 Å². The molecule has 0 aromatic heterocycles. The zero-order chi connectivity index (χ0) is 9.40. The number of aliphatic hydroxyl groups excluding tert-OH is 2. The number of aliphatic hydroxyl groups is 2. The molecule has 12 heavy (non-hydrogen) atoms. The summed E-state index contributed by atoms with van der Waals surface area (Å²) in [6.45, 7) is 5.59. The van der Waals surface area contributed by atoms with Crippen molar-refractivity contribution >= 4 is 0 Å². The van der Waals surface area contributed by atoms with Gasteiger partial charge in [0, 0.05) is 6.42 Å². The van der Waals surface area contributed by atoms with Crippen LogP contribution in [0.3, 0.4) is 0 Å². The Labute approximate surface area is 73.7 Å². The van der Waals surface area contributed by atoms with E-state index >= 15 is 0 Å². The van der Waals surface area contributed by atoms with E-state index < -0.39 is 0 Å². The quantitative estimate of drug-likeness (QED) is 0.448. The summed E-state index contributed by atoms with van der Waals surface area (Å²) in [6, 6.07) is 0. The van der Waals surface area contributed by atoms with Crippen LogP contribution in [0.25, 0.3) is 0 Å². The first-order chi connectivity index (χ1) is 5.66. The third kappa shape index (κ3) is 7.57. The largest absolute Gasteiger partial charge is 0.502 e. The third-order valence-corrected chi connectivity index (χ3v) is 1.60. The van der Waals surface area contributed by atoms with E-state index in [2.05, 4.69) is 6.58 Å². The summed E-state index contributed by atoms with van der Waals surface area (Å²) in [5, 5.41) is 18.2. The summed E-state index contributed by atoms with van der Waals surface area (Å²) >= 11 is 0. The predicted octanol–water partition coefficient (Wildman–Crippen LogP) is 1.06. The van der Waals surface area contributed by atoms with Crippen molar-refractivity contribution < 1.29 is 14.9 Å². The van der Waals surface area contributed by atoms with Gasteiger partial charge in [-0.15, -0.1) is 0 Å². The molecule has 0 aromatic rings. The monoisotopic (exact) mass is 174 g/mol. The molecule has 2 atom stereocenters. The van der Waals surface area contributed by atoms with Crippen LogP contribution in [-0.4, -0.2) is 29.0 Å². The molecular formula is C9H18O3. The fourth-order valence-electron chi connectivity index (χ4n) is 0.865. The molecule has 0 amide bonds. The second-order valence-corrected chi connectivity index (χ2v) is 2.91. The molecule has 0 heterocycles. The molecule has 2 unspecified atom stereocenters. The minimum atomic E-state index is -0.375. The maximum atomic E-state index is 9.30. The average molecular weight is 174 g/mol. The summed E-state index contributed by atoms with van der Waals surface area (Å²) in [5.74, 6) is 0. The Morgan fingerprint density at radius 3 is 2.50 bits per heavy atom. The van der Waals surface area contributed by atoms with Gasteiger partial charge in [-0.25, -0.2) is 0 Å². The van der Waals surface area contributed by atoms with Crippen LogP contribution >= 0.6 is 0 Å². The number of hydrogen-bond acceptors (Lipinski definition) is 3. The maximum Gasteiger partial charge on any atom is 0.0897 e. The molecule has 0 aliphatic rings. The second kappa shape index (κ2) is 7.13. The lowest BCUT2D eigenvalue weighted by Gasteiger charge is -2.10. The Morgan fingerprint density at radius 2 is 2.00 bits per heavy atom. The van der Waals surface area contributed by atoms with Crippen LogP contribution in [0.15, 0.2) is 12.8 Å². The van der Waals surface area contributed by atoms with Crippen LogP contribution in [0.5, 0.6) is 0 Å². The first-order valence-electron chi connectivity index (χ1n) is 4.25. The number of ether oxygens (including phenoxy) is 1. The highest BCUT2D eigenvalue weighted by molar-refractivity contribution is 4.59. The normalized spacial score (nSPS) is 15.2. The highest BCUT2D eigenvalue weighted by Gasteiger charge is 2.05. The zero-order valence-electron chi connectivity index (χ0n) is 7.57. The van der Waals surface area contributed by atoms with Crippen molar-refractivity contribution in [1.29, 1.82) is 0 Å². The van der Waals surface area contributed by atoms with E-state index in [0.29, 0.717) is 25.9 Å². The SMILES string of the molecule is C=COCCC(O)CCC(C)O. The van der Waals surface area contributed by atoms with Gasteiger partial charge in [-0.2, -0.15) is 0 Å². The summed E-state index contributed by atoms with van der Waals surface area (Å²) in [4.78, 5) is 0. The van der Waals surface area contributed by atoms with Crippen LogP contribution in [0.1, 0.15) is 26.2 Å². The van der Waals surface area contributed by atoms with E-state index in [-0.39, 0.29) is 12.2 Å².